The molecule has 1 aromatic carbocycles. The zero-order valence-corrected chi connectivity index (χ0v) is 12.3. The average molecular weight is 305 g/mol. The maximum Gasteiger partial charge on any atom is 0.230 e. The minimum Gasteiger partial charge on any atom is -0.352 e. The lowest BCUT2D eigenvalue weighted by Gasteiger charge is -2.24. The van der Waals surface area contributed by atoms with Crippen LogP contribution in [0.3, 0.4) is 0 Å². The Morgan fingerprint density at radius 3 is 3.00 bits per heavy atom. The molecule has 0 unspecified atom stereocenters. The van der Waals surface area contributed by atoms with Gasteiger partial charge in [0.25, 0.3) is 0 Å². The lowest BCUT2D eigenvalue weighted by molar-refractivity contribution is -0.119. The van der Waals surface area contributed by atoms with Gasteiger partial charge in [-0.1, -0.05) is 0 Å². The summed E-state index contributed by atoms with van der Waals surface area (Å²) in [4.78, 5) is 12.9. The van der Waals surface area contributed by atoms with E-state index in [4.69, 9.17) is 0 Å². The molecule has 2 aromatic rings. The fraction of sp³-hybridized carbons (Fsp3) is 0.333. The van der Waals surface area contributed by atoms with E-state index in [0.29, 0.717) is 5.75 Å². The van der Waals surface area contributed by atoms with Crippen molar-refractivity contribution in [2.75, 3.05) is 5.75 Å². The number of carbonyl (C=O) groups is 1. The molecule has 6 heteroatoms. The summed E-state index contributed by atoms with van der Waals surface area (Å²) in [5.41, 5.74) is 1.16. The fourth-order valence-corrected chi connectivity index (χ4v) is 3.15. The third-order valence-electron chi connectivity index (χ3n) is 3.50. The Hall–Kier alpha value is -1.82. The van der Waals surface area contributed by atoms with E-state index >= 15 is 0 Å². The molecule has 1 aromatic heterocycles. The molecule has 0 saturated heterocycles. The molecular formula is C15H16FN3OS. The third-order valence-corrected chi connectivity index (χ3v) is 4.51. The molecule has 1 N–H and O–H groups in total. The van der Waals surface area contributed by atoms with Crippen molar-refractivity contribution in [3.63, 3.8) is 0 Å². The number of thioether (sulfide) groups is 1. The van der Waals surface area contributed by atoms with Gasteiger partial charge >= 0.3 is 0 Å². The second-order valence-corrected chi connectivity index (χ2v) is 6.09. The molecule has 0 radical (unpaired) electrons. The lowest BCUT2D eigenvalue weighted by Crippen LogP contribution is -2.41. The first-order valence-electron chi connectivity index (χ1n) is 6.89. The molecule has 2 heterocycles. The number of amides is 1. The summed E-state index contributed by atoms with van der Waals surface area (Å²) in [6, 6.07) is 8.35. The number of nitrogens with zero attached hydrogens (tertiary/aromatic N) is 2. The molecule has 1 aliphatic heterocycles. The fourth-order valence-electron chi connectivity index (χ4n) is 2.44. The van der Waals surface area contributed by atoms with Gasteiger partial charge in [0.15, 0.2) is 0 Å². The minimum absolute atomic E-state index is 0.0160. The highest BCUT2D eigenvalue weighted by Gasteiger charge is 2.20. The summed E-state index contributed by atoms with van der Waals surface area (Å²) in [6.45, 7) is 0.846. The summed E-state index contributed by atoms with van der Waals surface area (Å²) in [6.07, 6.45) is 3.53. The Balaban J connectivity index is 1.47. The third kappa shape index (κ3) is 3.64. The first-order chi connectivity index (χ1) is 10.2. The zero-order valence-electron chi connectivity index (χ0n) is 11.5. The summed E-state index contributed by atoms with van der Waals surface area (Å²) < 4.78 is 14.8. The molecule has 21 heavy (non-hydrogen) atoms. The second kappa shape index (κ2) is 6.30. The smallest absolute Gasteiger partial charge is 0.230 e. The van der Waals surface area contributed by atoms with Crippen molar-refractivity contribution in [2.24, 2.45) is 0 Å². The van der Waals surface area contributed by atoms with Crippen LogP contribution in [0.2, 0.25) is 0 Å². The largest absolute Gasteiger partial charge is 0.352 e. The number of aromatic nitrogens is 2. The highest BCUT2D eigenvalue weighted by atomic mass is 32.2. The van der Waals surface area contributed by atoms with Crippen molar-refractivity contribution in [1.82, 2.24) is 15.1 Å². The number of benzene rings is 1. The van der Waals surface area contributed by atoms with Crippen LogP contribution in [0, 0.1) is 5.82 Å². The van der Waals surface area contributed by atoms with Crippen molar-refractivity contribution in [3.05, 3.63) is 48.0 Å². The van der Waals surface area contributed by atoms with Crippen molar-refractivity contribution >= 4 is 17.7 Å². The molecule has 110 valence electrons. The van der Waals surface area contributed by atoms with Crippen LogP contribution in [0.5, 0.6) is 0 Å². The number of carbonyl (C=O) groups excluding carboxylic acids is 1. The molecule has 1 aliphatic rings. The van der Waals surface area contributed by atoms with Crippen molar-refractivity contribution < 1.29 is 9.18 Å². The van der Waals surface area contributed by atoms with Crippen LogP contribution in [-0.4, -0.2) is 27.5 Å². The Bertz CT molecular complexity index is 626. The standard InChI is InChI=1S/C15H16FN3OS/c16-11-1-3-14(4-2-11)21-10-15(20)18-12-6-8-19-13(9-12)5-7-17-19/h1-5,7,12H,6,8-10H2,(H,18,20)/t12-/m0/s1. The quantitative estimate of drug-likeness (QED) is 0.881. The molecule has 0 aliphatic carbocycles. The minimum atomic E-state index is -0.261. The number of nitrogens with one attached hydrogen (secondary N) is 1. The van der Waals surface area contributed by atoms with Crippen LogP contribution in [0.4, 0.5) is 4.39 Å². The lowest BCUT2D eigenvalue weighted by atomic mass is 10.0. The topological polar surface area (TPSA) is 46.9 Å². The van der Waals surface area contributed by atoms with E-state index in [0.717, 1.165) is 30.0 Å². The molecule has 0 saturated carbocycles. The molecule has 1 atom stereocenters. The molecule has 0 fully saturated rings. The van der Waals surface area contributed by atoms with E-state index in [1.807, 2.05) is 10.7 Å². The number of halogens is 1. The average Bonchev–Trinajstić information content (AvgIpc) is 2.94. The van der Waals surface area contributed by atoms with E-state index in [1.165, 1.54) is 23.9 Å². The van der Waals surface area contributed by atoms with E-state index in [2.05, 4.69) is 10.4 Å². The Kier molecular flexibility index (Phi) is 4.24. The van der Waals surface area contributed by atoms with E-state index < -0.39 is 0 Å². The summed E-state index contributed by atoms with van der Waals surface area (Å²) in [5.74, 6) is 0.103. The highest BCUT2D eigenvalue weighted by molar-refractivity contribution is 8.00. The molecule has 3 rings (SSSR count). The van der Waals surface area contributed by atoms with Gasteiger partial charge in [0.2, 0.25) is 5.91 Å². The first-order valence-corrected chi connectivity index (χ1v) is 7.88. The van der Waals surface area contributed by atoms with Gasteiger partial charge in [-0.3, -0.25) is 9.48 Å². The van der Waals surface area contributed by atoms with Gasteiger partial charge in [-0.15, -0.1) is 11.8 Å². The Morgan fingerprint density at radius 1 is 1.38 bits per heavy atom. The number of rotatable bonds is 4. The second-order valence-electron chi connectivity index (χ2n) is 5.05. The van der Waals surface area contributed by atoms with Crippen LogP contribution in [-0.2, 0) is 17.8 Å². The molecule has 0 spiro atoms. The van der Waals surface area contributed by atoms with Crippen LogP contribution in [0.15, 0.2) is 41.4 Å². The molecule has 1 amide bonds. The van der Waals surface area contributed by atoms with Crippen LogP contribution >= 0.6 is 11.8 Å². The number of hydrogen-bond acceptors (Lipinski definition) is 3. The summed E-state index contributed by atoms with van der Waals surface area (Å²) >= 11 is 1.42. The van der Waals surface area contributed by atoms with Crippen molar-refractivity contribution in [2.45, 2.75) is 30.3 Å². The number of fused-ring (bicyclic) bond motifs is 1. The van der Waals surface area contributed by atoms with Gasteiger partial charge in [0.05, 0.1) is 5.75 Å². The normalized spacial score (nSPS) is 17.3. The van der Waals surface area contributed by atoms with Gasteiger partial charge < -0.3 is 5.32 Å². The van der Waals surface area contributed by atoms with Crippen LogP contribution in [0.25, 0.3) is 0 Å². The summed E-state index contributed by atoms with van der Waals surface area (Å²) in [7, 11) is 0. The Morgan fingerprint density at radius 2 is 2.19 bits per heavy atom. The van der Waals surface area contributed by atoms with E-state index in [1.54, 1.807) is 18.3 Å². The van der Waals surface area contributed by atoms with E-state index in [-0.39, 0.29) is 17.8 Å². The summed E-state index contributed by atoms with van der Waals surface area (Å²) in [5, 5.41) is 7.28. The van der Waals surface area contributed by atoms with Gasteiger partial charge in [0, 0.05) is 35.8 Å². The first kappa shape index (κ1) is 14.1. The Labute approximate surface area is 126 Å². The number of hydrogen-bond donors (Lipinski definition) is 1. The predicted molar refractivity (Wildman–Crippen MR) is 79.6 cm³/mol. The molecular weight excluding hydrogens is 289 g/mol. The SMILES string of the molecule is O=C(CSc1ccc(F)cc1)N[C@H]1CCn2nccc2C1. The van der Waals surface area contributed by atoms with Gasteiger partial charge in [-0.05, 0) is 36.8 Å². The van der Waals surface area contributed by atoms with Crippen LogP contribution in [0.1, 0.15) is 12.1 Å². The highest BCUT2D eigenvalue weighted by Crippen LogP contribution is 2.18. The van der Waals surface area contributed by atoms with Gasteiger partial charge in [0.1, 0.15) is 5.82 Å². The monoisotopic (exact) mass is 305 g/mol. The molecule has 0 bridgehead atoms. The zero-order chi connectivity index (χ0) is 14.7. The van der Waals surface area contributed by atoms with Crippen molar-refractivity contribution in [3.8, 4) is 0 Å². The maximum absolute atomic E-state index is 12.8. The van der Waals surface area contributed by atoms with E-state index in [9.17, 15) is 9.18 Å². The van der Waals surface area contributed by atoms with Gasteiger partial charge in [-0.2, -0.15) is 5.10 Å². The van der Waals surface area contributed by atoms with Gasteiger partial charge in [-0.25, -0.2) is 4.39 Å². The van der Waals surface area contributed by atoms with Crippen molar-refractivity contribution in [1.29, 1.82) is 0 Å². The molecule has 4 nitrogen and oxygen atoms in total. The predicted octanol–water partition coefficient (Wildman–Crippen LogP) is 2.25. The van der Waals surface area contributed by atoms with Crippen LogP contribution < -0.4 is 5.32 Å². The maximum atomic E-state index is 12.8. The number of aryl methyl sites for hydroxylation is 1.